The average Bonchev–Trinajstić information content (AvgIpc) is 2.39. The highest BCUT2D eigenvalue weighted by atomic mass is 35.5. The van der Waals surface area contributed by atoms with Crippen molar-refractivity contribution in [2.45, 2.75) is 36.6 Å². The van der Waals surface area contributed by atoms with E-state index in [4.69, 9.17) is 28.3 Å². The lowest BCUT2D eigenvalue weighted by molar-refractivity contribution is 0.192. The van der Waals surface area contributed by atoms with Gasteiger partial charge < -0.3 is 5.11 Å². The molecule has 1 N–H and O–H groups in total. The highest BCUT2D eigenvalue weighted by Gasteiger charge is 2.35. The summed E-state index contributed by atoms with van der Waals surface area (Å²) in [5.41, 5.74) is 0. The largest absolute Gasteiger partial charge is 0.396 e. The van der Waals surface area contributed by atoms with Crippen molar-refractivity contribution in [2.75, 3.05) is 13.2 Å². The molecule has 1 aromatic rings. The Morgan fingerprint density at radius 2 is 1.90 bits per heavy atom. The molecule has 1 atom stereocenters. The summed E-state index contributed by atoms with van der Waals surface area (Å²) in [6, 6.07) is 4.47. The summed E-state index contributed by atoms with van der Waals surface area (Å²) in [6.07, 6.45) is 2.96. The fraction of sp³-hybridized carbons (Fsp3) is 0.538. The van der Waals surface area contributed by atoms with Gasteiger partial charge in [-0.1, -0.05) is 35.7 Å². The van der Waals surface area contributed by atoms with E-state index in [0.717, 1.165) is 19.3 Å². The van der Waals surface area contributed by atoms with Crippen LogP contribution in [0.5, 0.6) is 0 Å². The molecule has 0 bridgehead atoms. The summed E-state index contributed by atoms with van der Waals surface area (Å²) in [5, 5.41) is 9.37. The van der Waals surface area contributed by atoms with Crippen LogP contribution in [-0.4, -0.2) is 37.0 Å². The zero-order valence-electron chi connectivity index (χ0n) is 10.9. The van der Waals surface area contributed by atoms with E-state index < -0.39 is 10.0 Å². The van der Waals surface area contributed by atoms with Crippen molar-refractivity contribution in [3.63, 3.8) is 0 Å². The smallest absolute Gasteiger partial charge is 0.246 e. The topological polar surface area (TPSA) is 57.6 Å². The van der Waals surface area contributed by atoms with Gasteiger partial charge in [-0.25, -0.2) is 8.42 Å². The van der Waals surface area contributed by atoms with E-state index in [2.05, 4.69) is 0 Å². The van der Waals surface area contributed by atoms with E-state index in [1.807, 2.05) is 0 Å². The molecular weight excluding hydrogens is 321 g/mol. The van der Waals surface area contributed by atoms with E-state index in [1.165, 1.54) is 16.4 Å². The lowest BCUT2D eigenvalue weighted by Gasteiger charge is -2.34. The molecule has 0 radical (unpaired) electrons. The molecule has 1 aliphatic heterocycles. The first-order chi connectivity index (χ1) is 9.48. The quantitative estimate of drug-likeness (QED) is 0.918. The molecule has 20 heavy (non-hydrogen) atoms. The second-order valence-electron chi connectivity index (χ2n) is 4.83. The summed E-state index contributed by atoms with van der Waals surface area (Å²) in [5.74, 6) is 0. The van der Waals surface area contributed by atoms with Crippen molar-refractivity contribution in [3.8, 4) is 0 Å². The molecule has 0 aliphatic carbocycles. The number of piperidine rings is 1. The molecule has 7 heteroatoms. The number of nitrogens with zero attached hydrogens (tertiary/aromatic N) is 1. The monoisotopic (exact) mass is 337 g/mol. The summed E-state index contributed by atoms with van der Waals surface area (Å²) in [6.45, 7) is 0.404. The Morgan fingerprint density at radius 1 is 1.25 bits per heavy atom. The lowest BCUT2D eigenvalue weighted by Crippen LogP contribution is -2.44. The number of aliphatic hydroxyl groups is 1. The van der Waals surface area contributed by atoms with Crippen LogP contribution in [0, 0.1) is 0 Å². The predicted octanol–water partition coefficient (Wildman–Crippen LogP) is 2.92. The highest BCUT2D eigenvalue weighted by molar-refractivity contribution is 7.89. The molecule has 1 fully saturated rings. The summed E-state index contributed by atoms with van der Waals surface area (Å²) < 4.78 is 27.0. The minimum Gasteiger partial charge on any atom is -0.396 e. The maximum absolute atomic E-state index is 12.8. The van der Waals surface area contributed by atoms with Crippen LogP contribution in [0.1, 0.15) is 25.7 Å². The summed E-state index contributed by atoms with van der Waals surface area (Å²) in [4.78, 5) is -0.0341. The maximum atomic E-state index is 12.8. The van der Waals surface area contributed by atoms with Crippen molar-refractivity contribution >= 4 is 33.2 Å². The number of aliphatic hydroxyl groups excluding tert-OH is 1. The summed E-state index contributed by atoms with van der Waals surface area (Å²) >= 11 is 12.0. The van der Waals surface area contributed by atoms with Crippen LogP contribution in [0.25, 0.3) is 0 Å². The molecule has 1 unspecified atom stereocenters. The standard InChI is InChI=1S/C13H17Cl2NO3S/c14-11-5-3-6-12(15)13(11)20(18,19)16-8-2-1-4-10(16)7-9-17/h3,5-6,10,17H,1-2,4,7-9H2. The zero-order chi connectivity index (χ0) is 14.8. The van der Waals surface area contributed by atoms with Gasteiger partial charge in [-0.15, -0.1) is 0 Å². The Kier molecular flexibility index (Phi) is 5.31. The van der Waals surface area contributed by atoms with E-state index in [9.17, 15) is 8.42 Å². The molecule has 1 heterocycles. The van der Waals surface area contributed by atoms with Crippen molar-refractivity contribution in [2.24, 2.45) is 0 Å². The van der Waals surface area contributed by atoms with E-state index >= 15 is 0 Å². The first kappa shape index (κ1) is 16.0. The van der Waals surface area contributed by atoms with Gasteiger partial charge in [0.05, 0.1) is 10.0 Å². The normalized spacial score (nSPS) is 21.1. The van der Waals surface area contributed by atoms with Crippen molar-refractivity contribution in [3.05, 3.63) is 28.2 Å². The van der Waals surface area contributed by atoms with Gasteiger partial charge in [0.2, 0.25) is 10.0 Å². The van der Waals surface area contributed by atoms with Crippen LogP contribution in [0.15, 0.2) is 23.1 Å². The number of hydrogen-bond acceptors (Lipinski definition) is 3. The Balaban J connectivity index is 2.42. The van der Waals surface area contributed by atoms with Crippen molar-refractivity contribution in [1.82, 2.24) is 4.31 Å². The lowest BCUT2D eigenvalue weighted by atomic mass is 10.0. The van der Waals surface area contributed by atoms with Gasteiger partial charge in [-0.2, -0.15) is 4.31 Å². The van der Waals surface area contributed by atoms with Gasteiger partial charge in [0.15, 0.2) is 0 Å². The van der Waals surface area contributed by atoms with Crippen LogP contribution in [-0.2, 0) is 10.0 Å². The Labute approximate surface area is 129 Å². The number of sulfonamides is 1. The molecule has 0 aromatic heterocycles. The van der Waals surface area contributed by atoms with Crippen LogP contribution >= 0.6 is 23.2 Å². The second-order valence-corrected chi connectivity index (χ2v) is 7.47. The molecule has 1 aliphatic rings. The molecule has 0 amide bonds. The van der Waals surface area contributed by atoms with Gasteiger partial charge in [0.25, 0.3) is 0 Å². The summed E-state index contributed by atoms with van der Waals surface area (Å²) in [7, 11) is -3.74. The van der Waals surface area contributed by atoms with Gasteiger partial charge in [0, 0.05) is 19.2 Å². The van der Waals surface area contributed by atoms with Crippen LogP contribution in [0.3, 0.4) is 0 Å². The second kappa shape index (κ2) is 6.62. The third-order valence-corrected chi connectivity index (χ3v) is 6.43. The van der Waals surface area contributed by atoms with E-state index in [0.29, 0.717) is 13.0 Å². The Morgan fingerprint density at radius 3 is 2.50 bits per heavy atom. The van der Waals surface area contributed by atoms with E-state index in [1.54, 1.807) is 6.07 Å². The minimum atomic E-state index is -3.74. The van der Waals surface area contributed by atoms with Gasteiger partial charge in [0.1, 0.15) is 4.90 Å². The molecule has 0 saturated carbocycles. The van der Waals surface area contributed by atoms with Gasteiger partial charge in [-0.05, 0) is 31.4 Å². The van der Waals surface area contributed by atoms with Crippen LogP contribution in [0.4, 0.5) is 0 Å². The molecule has 0 spiro atoms. The van der Waals surface area contributed by atoms with E-state index in [-0.39, 0.29) is 27.6 Å². The number of hydrogen-bond donors (Lipinski definition) is 1. The Hall–Kier alpha value is -0.330. The fourth-order valence-corrected chi connectivity index (χ4v) is 5.39. The predicted molar refractivity (Wildman–Crippen MR) is 79.7 cm³/mol. The highest BCUT2D eigenvalue weighted by Crippen LogP contribution is 2.34. The van der Waals surface area contributed by atoms with Gasteiger partial charge in [-0.3, -0.25) is 0 Å². The van der Waals surface area contributed by atoms with Gasteiger partial charge >= 0.3 is 0 Å². The number of benzene rings is 1. The molecule has 1 aromatic carbocycles. The number of rotatable bonds is 4. The minimum absolute atomic E-state index is 0.0341. The third-order valence-electron chi connectivity index (χ3n) is 3.52. The SMILES string of the molecule is O=S(=O)(c1c(Cl)cccc1Cl)N1CCCCC1CCO. The Bertz CT molecular complexity index is 555. The molecule has 2 rings (SSSR count). The van der Waals surface area contributed by atoms with Crippen LogP contribution in [0.2, 0.25) is 10.0 Å². The molecule has 1 saturated heterocycles. The first-order valence-corrected chi connectivity index (χ1v) is 8.75. The first-order valence-electron chi connectivity index (χ1n) is 6.55. The molecule has 4 nitrogen and oxygen atoms in total. The number of halogens is 2. The van der Waals surface area contributed by atoms with Crippen LogP contribution < -0.4 is 0 Å². The zero-order valence-corrected chi connectivity index (χ0v) is 13.3. The van der Waals surface area contributed by atoms with Crippen molar-refractivity contribution in [1.29, 1.82) is 0 Å². The van der Waals surface area contributed by atoms with Crippen molar-refractivity contribution < 1.29 is 13.5 Å². The third kappa shape index (κ3) is 3.12. The molecular formula is C13H17Cl2NO3S. The average molecular weight is 338 g/mol. The fourth-order valence-electron chi connectivity index (χ4n) is 2.57. The molecule has 112 valence electrons. The maximum Gasteiger partial charge on any atom is 0.246 e.